The Labute approximate surface area is 170 Å². The van der Waals surface area contributed by atoms with Crippen molar-refractivity contribution in [1.82, 2.24) is 5.32 Å². The van der Waals surface area contributed by atoms with Gasteiger partial charge in [0.05, 0.1) is 26.4 Å². The Kier molecular flexibility index (Phi) is 6.59. The van der Waals surface area contributed by atoms with Crippen molar-refractivity contribution in [3.8, 4) is 17.2 Å². The minimum absolute atomic E-state index is 0.0368. The van der Waals surface area contributed by atoms with Crippen LogP contribution in [0.5, 0.6) is 17.2 Å². The SMILES string of the molecule is CCOc1ccc(C(=O)NC2CC(=O)N(c3cccc(OC)c3)C2)cc1OCC. The van der Waals surface area contributed by atoms with E-state index in [1.807, 2.05) is 38.1 Å². The normalized spacial score (nSPS) is 15.9. The van der Waals surface area contributed by atoms with Crippen LogP contribution in [0, 0.1) is 0 Å². The topological polar surface area (TPSA) is 77.1 Å². The van der Waals surface area contributed by atoms with Gasteiger partial charge in [0, 0.05) is 30.3 Å². The highest BCUT2D eigenvalue weighted by molar-refractivity contribution is 5.99. The van der Waals surface area contributed by atoms with Crippen LogP contribution >= 0.6 is 0 Å². The highest BCUT2D eigenvalue weighted by Gasteiger charge is 2.32. The predicted molar refractivity (Wildman–Crippen MR) is 110 cm³/mol. The summed E-state index contributed by atoms with van der Waals surface area (Å²) < 4.78 is 16.3. The average molecular weight is 398 g/mol. The molecule has 2 aromatic carbocycles. The molecule has 7 nitrogen and oxygen atoms in total. The fourth-order valence-electron chi connectivity index (χ4n) is 3.29. The number of methoxy groups -OCH3 is 1. The van der Waals surface area contributed by atoms with Gasteiger partial charge in [0.1, 0.15) is 5.75 Å². The van der Waals surface area contributed by atoms with E-state index in [1.165, 1.54) is 0 Å². The Morgan fingerprint density at radius 2 is 1.86 bits per heavy atom. The molecule has 1 aliphatic rings. The molecule has 1 N–H and O–H groups in total. The van der Waals surface area contributed by atoms with E-state index in [0.717, 1.165) is 5.69 Å². The van der Waals surface area contributed by atoms with Crippen LogP contribution in [0.3, 0.4) is 0 Å². The van der Waals surface area contributed by atoms with Gasteiger partial charge in [-0.3, -0.25) is 9.59 Å². The van der Waals surface area contributed by atoms with Gasteiger partial charge in [0.25, 0.3) is 5.91 Å². The van der Waals surface area contributed by atoms with Gasteiger partial charge in [0.2, 0.25) is 5.91 Å². The van der Waals surface area contributed by atoms with E-state index in [4.69, 9.17) is 14.2 Å². The monoisotopic (exact) mass is 398 g/mol. The van der Waals surface area contributed by atoms with Gasteiger partial charge in [-0.1, -0.05) is 6.07 Å². The summed E-state index contributed by atoms with van der Waals surface area (Å²) in [6, 6.07) is 12.1. The van der Waals surface area contributed by atoms with E-state index in [2.05, 4.69) is 5.32 Å². The van der Waals surface area contributed by atoms with Gasteiger partial charge in [0.15, 0.2) is 11.5 Å². The van der Waals surface area contributed by atoms with Gasteiger partial charge < -0.3 is 24.4 Å². The number of hydrogen-bond acceptors (Lipinski definition) is 5. The molecule has 1 atom stereocenters. The van der Waals surface area contributed by atoms with Gasteiger partial charge in [-0.25, -0.2) is 0 Å². The van der Waals surface area contributed by atoms with Crippen molar-refractivity contribution < 1.29 is 23.8 Å². The number of rotatable bonds is 8. The van der Waals surface area contributed by atoms with Crippen molar-refractivity contribution >= 4 is 17.5 Å². The highest BCUT2D eigenvalue weighted by Crippen LogP contribution is 2.29. The number of carbonyl (C=O) groups is 2. The van der Waals surface area contributed by atoms with Crippen LogP contribution in [0.15, 0.2) is 42.5 Å². The number of ether oxygens (including phenoxy) is 3. The largest absolute Gasteiger partial charge is 0.497 e. The molecule has 1 unspecified atom stereocenters. The molecular weight excluding hydrogens is 372 g/mol. The quantitative estimate of drug-likeness (QED) is 0.740. The van der Waals surface area contributed by atoms with Crippen molar-refractivity contribution in [2.75, 3.05) is 31.8 Å². The second-order valence-electron chi connectivity index (χ2n) is 6.61. The molecule has 2 amide bonds. The van der Waals surface area contributed by atoms with Crippen LogP contribution in [0.25, 0.3) is 0 Å². The summed E-state index contributed by atoms with van der Waals surface area (Å²) in [5.41, 5.74) is 1.22. The lowest BCUT2D eigenvalue weighted by atomic mass is 10.1. The van der Waals surface area contributed by atoms with E-state index in [0.29, 0.717) is 42.6 Å². The van der Waals surface area contributed by atoms with Crippen LogP contribution in [0.1, 0.15) is 30.6 Å². The van der Waals surface area contributed by atoms with E-state index in [-0.39, 0.29) is 24.3 Å². The van der Waals surface area contributed by atoms with Crippen molar-refractivity contribution in [3.63, 3.8) is 0 Å². The first-order valence-electron chi connectivity index (χ1n) is 9.70. The summed E-state index contributed by atoms with van der Waals surface area (Å²) in [6.45, 7) is 5.15. The fourth-order valence-corrected chi connectivity index (χ4v) is 3.29. The minimum atomic E-state index is -0.275. The summed E-state index contributed by atoms with van der Waals surface area (Å²) in [7, 11) is 1.58. The predicted octanol–water partition coefficient (Wildman–Crippen LogP) is 3.03. The number of benzene rings is 2. The first-order chi connectivity index (χ1) is 14.0. The van der Waals surface area contributed by atoms with Crippen molar-refractivity contribution in [2.24, 2.45) is 0 Å². The van der Waals surface area contributed by atoms with Gasteiger partial charge in [-0.2, -0.15) is 0 Å². The number of carbonyl (C=O) groups excluding carboxylic acids is 2. The Balaban J connectivity index is 1.69. The van der Waals surface area contributed by atoms with Gasteiger partial charge in [-0.15, -0.1) is 0 Å². The van der Waals surface area contributed by atoms with Gasteiger partial charge in [-0.05, 0) is 44.2 Å². The lowest BCUT2D eigenvalue weighted by molar-refractivity contribution is -0.117. The maximum atomic E-state index is 12.7. The molecule has 29 heavy (non-hydrogen) atoms. The molecule has 0 radical (unpaired) electrons. The van der Waals surface area contributed by atoms with Crippen molar-refractivity contribution in [2.45, 2.75) is 26.3 Å². The standard InChI is InChI=1S/C22H26N2O5/c1-4-28-19-10-9-15(11-20(19)29-5-2)22(26)23-16-12-21(25)24(14-16)17-7-6-8-18(13-17)27-3/h6-11,13,16H,4-5,12,14H2,1-3H3,(H,23,26). The molecule has 1 aliphatic heterocycles. The summed E-state index contributed by atoms with van der Waals surface area (Å²) in [5, 5.41) is 2.95. The molecular formula is C22H26N2O5. The molecule has 154 valence electrons. The smallest absolute Gasteiger partial charge is 0.251 e. The second-order valence-corrected chi connectivity index (χ2v) is 6.61. The summed E-state index contributed by atoms with van der Waals surface area (Å²) >= 11 is 0. The second kappa shape index (κ2) is 9.32. The molecule has 1 heterocycles. The molecule has 0 aromatic heterocycles. The molecule has 0 bridgehead atoms. The molecule has 0 aliphatic carbocycles. The van der Waals surface area contributed by atoms with E-state index in [9.17, 15) is 9.59 Å². The molecule has 2 aromatic rings. The maximum absolute atomic E-state index is 12.7. The molecule has 1 fully saturated rings. The summed E-state index contributed by atoms with van der Waals surface area (Å²) in [5.74, 6) is 1.53. The van der Waals surface area contributed by atoms with Crippen molar-refractivity contribution in [3.05, 3.63) is 48.0 Å². The van der Waals surface area contributed by atoms with Crippen molar-refractivity contribution in [1.29, 1.82) is 0 Å². The molecule has 7 heteroatoms. The third-order valence-corrected chi connectivity index (χ3v) is 4.63. The van der Waals surface area contributed by atoms with Crippen LogP contribution in [0.2, 0.25) is 0 Å². The third kappa shape index (κ3) is 4.80. The first kappa shape index (κ1) is 20.5. The Morgan fingerprint density at radius 1 is 1.10 bits per heavy atom. The zero-order valence-corrected chi connectivity index (χ0v) is 16.9. The van der Waals surface area contributed by atoms with Crippen LogP contribution in [-0.4, -0.2) is 44.7 Å². The molecule has 1 saturated heterocycles. The van der Waals surface area contributed by atoms with Crippen LogP contribution in [0.4, 0.5) is 5.69 Å². The summed E-state index contributed by atoms with van der Waals surface area (Å²) in [6.07, 6.45) is 0.248. The fraction of sp³-hybridized carbons (Fsp3) is 0.364. The zero-order valence-electron chi connectivity index (χ0n) is 16.9. The maximum Gasteiger partial charge on any atom is 0.251 e. The number of anilines is 1. The Morgan fingerprint density at radius 3 is 2.59 bits per heavy atom. The molecule has 3 rings (SSSR count). The Bertz CT molecular complexity index is 883. The average Bonchev–Trinajstić information content (AvgIpc) is 3.09. The van der Waals surface area contributed by atoms with E-state index >= 15 is 0 Å². The Hall–Kier alpha value is -3.22. The van der Waals surface area contributed by atoms with E-state index < -0.39 is 0 Å². The lowest BCUT2D eigenvalue weighted by Gasteiger charge is -2.18. The third-order valence-electron chi connectivity index (χ3n) is 4.63. The molecule has 0 spiro atoms. The van der Waals surface area contributed by atoms with E-state index in [1.54, 1.807) is 30.2 Å². The highest BCUT2D eigenvalue weighted by atomic mass is 16.5. The zero-order chi connectivity index (χ0) is 20.8. The number of amides is 2. The molecule has 0 saturated carbocycles. The van der Waals surface area contributed by atoms with Crippen LogP contribution in [-0.2, 0) is 4.79 Å². The number of nitrogens with one attached hydrogen (secondary N) is 1. The number of hydrogen-bond donors (Lipinski definition) is 1. The number of nitrogens with zero attached hydrogens (tertiary/aromatic N) is 1. The van der Waals surface area contributed by atoms with Gasteiger partial charge >= 0.3 is 0 Å². The summed E-state index contributed by atoms with van der Waals surface area (Å²) in [4.78, 5) is 26.8. The van der Waals surface area contributed by atoms with Crippen LogP contribution < -0.4 is 24.4 Å². The minimum Gasteiger partial charge on any atom is -0.497 e. The lowest BCUT2D eigenvalue weighted by Crippen LogP contribution is -2.37. The first-order valence-corrected chi connectivity index (χ1v) is 9.70.